The number of nitro groups is 1. The highest BCUT2D eigenvalue weighted by molar-refractivity contribution is 9.10. The van der Waals surface area contributed by atoms with Gasteiger partial charge in [-0.3, -0.25) is 14.9 Å². The van der Waals surface area contributed by atoms with Gasteiger partial charge in [-0.1, -0.05) is 28.1 Å². The van der Waals surface area contributed by atoms with Gasteiger partial charge in [0.2, 0.25) is 0 Å². The monoisotopic (exact) mass is 484 g/mol. The molecule has 2 aromatic rings. The molecule has 0 heterocycles. The lowest BCUT2D eigenvalue weighted by atomic mass is 10.1. The van der Waals surface area contributed by atoms with Crippen molar-refractivity contribution >= 4 is 43.3 Å². The Labute approximate surface area is 175 Å². The minimum Gasteiger partial charge on any atom is -0.452 e. The van der Waals surface area contributed by atoms with Crippen molar-refractivity contribution in [2.24, 2.45) is 0 Å². The third-order valence-electron chi connectivity index (χ3n) is 3.87. The fourth-order valence-corrected chi connectivity index (χ4v) is 3.53. The van der Waals surface area contributed by atoms with Gasteiger partial charge in [0.1, 0.15) is 4.90 Å². The molecule has 0 aromatic heterocycles. The molecule has 0 saturated heterocycles. The second kappa shape index (κ2) is 9.14. The van der Waals surface area contributed by atoms with Gasteiger partial charge in [0.05, 0.1) is 16.5 Å². The van der Waals surface area contributed by atoms with E-state index in [4.69, 9.17) is 4.74 Å². The molecule has 0 saturated carbocycles. The van der Waals surface area contributed by atoms with Gasteiger partial charge < -0.3 is 10.1 Å². The Hall–Kier alpha value is -2.79. The van der Waals surface area contributed by atoms with E-state index in [0.29, 0.717) is 0 Å². The Morgan fingerprint density at radius 2 is 1.83 bits per heavy atom. The number of esters is 1. The van der Waals surface area contributed by atoms with Crippen LogP contribution in [0.3, 0.4) is 0 Å². The van der Waals surface area contributed by atoms with E-state index in [0.717, 1.165) is 34.5 Å². The average Bonchev–Trinajstić information content (AvgIpc) is 2.65. The molecule has 1 unspecified atom stereocenters. The smallest absolute Gasteiger partial charge is 0.338 e. The summed E-state index contributed by atoms with van der Waals surface area (Å²) >= 11 is 3.32. The third kappa shape index (κ3) is 6.09. The predicted molar refractivity (Wildman–Crippen MR) is 107 cm³/mol. The predicted octanol–water partition coefficient (Wildman–Crippen LogP) is 2.80. The summed E-state index contributed by atoms with van der Waals surface area (Å²) in [4.78, 5) is 33.8. The third-order valence-corrected chi connectivity index (χ3v) is 5.55. The van der Waals surface area contributed by atoms with Crippen LogP contribution in [0.15, 0.2) is 51.8 Å². The molecule has 2 aromatic carbocycles. The van der Waals surface area contributed by atoms with E-state index in [1.165, 1.54) is 0 Å². The fraction of sp³-hybridized carbons (Fsp3) is 0.222. The number of nitro benzene ring substituents is 1. The molecule has 2 rings (SSSR count). The molecule has 0 aliphatic carbocycles. The normalized spacial score (nSPS) is 12.1. The topological polar surface area (TPSA) is 133 Å². The molecule has 1 amide bonds. The van der Waals surface area contributed by atoms with Gasteiger partial charge in [0.25, 0.3) is 11.6 Å². The van der Waals surface area contributed by atoms with Crippen molar-refractivity contribution in [2.75, 3.05) is 12.9 Å². The first-order valence-electron chi connectivity index (χ1n) is 8.19. The molecule has 9 nitrogen and oxygen atoms in total. The highest BCUT2D eigenvalue weighted by atomic mass is 79.9. The minimum atomic E-state index is -3.85. The lowest BCUT2D eigenvalue weighted by molar-refractivity contribution is -0.387. The lowest BCUT2D eigenvalue weighted by Gasteiger charge is -2.14. The van der Waals surface area contributed by atoms with Crippen LogP contribution < -0.4 is 5.32 Å². The van der Waals surface area contributed by atoms with Crippen LogP contribution in [0.5, 0.6) is 0 Å². The Balaban J connectivity index is 2.03. The summed E-state index contributed by atoms with van der Waals surface area (Å²) < 4.78 is 29.0. The Morgan fingerprint density at radius 3 is 2.38 bits per heavy atom. The summed E-state index contributed by atoms with van der Waals surface area (Å²) in [5.74, 6) is -1.55. The minimum absolute atomic E-state index is 0.238. The van der Waals surface area contributed by atoms with Gasteiger partial charge in [-0.2, -0.15) is 0 Å². The van der Waals surface area contributed by atoms with Crippen LogP contribution in [0, 0.1) is 10.1 Å². The van der Waals surface area contributed by atoms with E-state index < -0.39 is 43.8 Å². The Bertz CT molecular complexity index is 1050. The highest BCUT2D eigenvalue weighted by Gasteiger charge is 2.24. The summed E-state index contributed by atoms with van der Waals surface area (Å²) in [6.07, 6.45) is 0.824. The maximum Gasteiger partial charge on any atom is 0.338 e. The van der Waals surface area contributed by atoms with Crippen molar-refractivity contribution in [1.29, 1.82) is 0 Å². The van der Waals surface area contributed by atoms with Crippen molar-refractivity contribution in [3.63, 3.8) is 0 Å². The molecule has 0 fully saturated rings. The molecule has 0 radical (unpaired) electrons. The molecular weight excluding hydrogens is 468 g/mol. The molecule has 0 spiro atoms. The Kier molecular flexibility index (Phi) is 7.09. The number of benzene rings is 2. The lowest BCUT2D eigenvalue weighted by Crippen LogP contribution is -2.31. The van der Waals surface area contributed by atoms with Gasteiger partial charge in [-0.25, -0.2) is 13.2 Å². The van der Waals surface area contributed by atoms with Crippen molar-refractivity contribution in [2.45, 2.75) is 17.9 Å². The molecule has 1 N–H and O–H groups in total. The van der Waals surface area contributed by atoms with Crippen LogP contribution in [-0.4, -0.2) is 38.1 Å². The fourth-order valence-electron chi connectivity index (χ4n) is 2.43. The highest BCUT2D eigenvalue weighted by Crippen LogP contribution is 2.25. The zero-order valence-corrected chi connectivity index (χ0v) is 17.8. The first-order chi connectivity index (χ1) is 13.5. The van der Waals surface area contributed by atoms with Gasteiger partial charge in [-0.15, -0.1) is 0 Å². The standard InChI is InChI=1S/C18H17BrN2O7S/c1-11(12-3-6-14(19)7-4-12)20-17(22)10-28-18(23)13-5-8-16(29(2,26)27)15(9-13)21(24)25/h3-9,11H,10H2,1-2H3,(H,20,22). The van der Waals surface area contributed by atoms with E-state index in [1.807, 2.05) is 24.3 Å². The number of carbonyl (C=O) groups excluding carboxylic acids is 2. The molecule has 154 valence electrons. The van der Waals surface area contributed by atoms with Crippen LogP contribution in [0.2, 0.25) is 0 Å². The molecule has 11 heteroatoms. The van der Waals surface area contributed by atoms with Crippen LogP contribution >= 0.6 is 15.9 Å². The quantitative estimate of drug-likeness (QED) is 0.362. The second-order valence-electron chi connectivity index (χ2n) is 6.13. The number of ether oxygens (including phenoxy) is 1. The van der Waals surface area contributed by atoms with Gasteiger partial charge in [-0.05, 0) is 36.8 Å². The van der Waals surface area contributed by atoms with Gasteiger partial charge in [0, 0.05) is 16.8 Å². The zero-order valence-electron chi connectivity index (χ0n) is 15.4. The van der Waals surface area contributed by atoms with Gasteiger partial charge in [0.15, 0.2) is 16.4 Å². The van der Waals surface area contributed by atoms with E-state index in [2.05, 4.69) is 21.2 Å². The number of hydrogen-bond donors (Lipinski definition) is 1. The average molecular weight is 485 g/mol. The summed E-state index contributed by atoms with van der Waals surface area (Å²) in [5.41, 5.74) is -0.131. The molecule has 0 bridgehead atoms. The number of hydrogen-bond acceptors (Lipinski definition) is 7. The number of carbonyl (C=O) groups is 2. The van der Waals surface area contributed by atoms with Crippen molar-refractivity contribution < 1.29 is 27.7 Å². The number of nitrogens with one attached hydrogen (secondary N) is 1. The Morgan fingerprint density at radius 1 is 1.21 bits per heavy atom. The number of rotatable bonds is 7. The van der Waals surface area contributed by atoms with Crippen LogP contribution in [-0.2, 0) is 19.4 Å². The maximum atomic E-state index is 12.1. The van der Waals surface area contributed by atoms with E-state index in [9.17, 15) is 28.1 Å². The van der Waals surface area contributed by atoms with Crippen molar-refractivity contribution in [1.82, 2.24) is 5.32 Å². The molecule has 1 atom stereocenters. The number of amides is 1. The van der Waals surface area contributed by atoms with Crippen LogP contribution in [0.25, 0.3) is 0 Å². The maximum absolute atomic E-state index is 12.1. The van der Waals surface area contributed by atoms with Crippen molar-refractivity contribution in [3.05, 3.63) is 68.2 Å². The zero-order chi connectivity index (χ0) is 21.8. The van der Waals surface area contributed by atoms with Gasteiger partial charge >= 0.3 is 5.97 Å². The largest absolute Gasteiger partial charge is 0.452 e. The molecule has 0 aliphatic rings. The summed E-state index contributed by atoms with van der Waals surface area (Å²) in [6.45, 7) is 1.16. The van der Waals surface area contributed by atoms with Crippen LogP contribution in [0.1, 0.15) is 28.9 Å². The second-order valence-corrected chi connectivity index (χ2v) is 9.03. The summed E-state index contributed by atoms with van der Waals surface area (Å²) in [7, 11) is -3.85. The number of sulfone groups is 1. The summed E-state index contributed by atoms with van der Waals surface area (Å²) in [6, 6.07) is 9.82. The van der Waals surface area contributed by atoms with Crippen LogP contribution in [0.4, 0.5) is 5.69 Å². The first-order valence-corrected chi connectivity index (χ1v) is 10.9. The number of nitrogens with zero attached hydrogens (tertiary/aromatic N) is 1. The van der Waals surface area contributed by atoms with E-state index in [1.54, 1.807) is 6.92 Å². The van der Waals surface area contributed by atoms with E-state index in [-0.39, 0.29) is 11.6 Å². The summed E-state index contributed by atoms with van der Waals surface area (Å²) in [5, 5.41) is 13.8. The molecule has 29 heavy (non-hydrogen) atoms. The van der Waals surface area contributed by atoms with Crippen molar-refractivity contribution in [3.8, 4) is 0 Å². The SMILES string of the molecule is CC(NC(=O)COC(=O)c1ccc(S(C)(=O)=O)c([N+](=O)[O-])c1)c1ccc(Br)cc1. The molecule has 0 aliphatic heterocycles. The van der Waals surface area contributed by atoms with E-state index >= 15 is 0 Å². The molecular formula is C18H17BrN2O7S. The first kappa shape index (κ1) is 22.5. The number of halogens is 1.